The number of nitrogens with zero attached hydrogens (tertiary/aromatic N) is 6. The number of aromatic amines is 1. The number of hydrogen-bond acceptors (Lipinski definition) is 9. The Morgan fingerprint density at radius 1 is 1.00 bits per heavy atom. The highest BCUT2D eigenvalue weighted by molar-refractivity contribution is 5.82. The molecule has 0 saturated carbocycles. The summed E-state index contributed by atoms with van der Waals surface area (Å²) in [5, 5.41) is 15.3. The number of piperazine rings is 1. The fourth-order valence-corrected chi connectivity index (χ4v) is 4.19. The summed E-state index contributed by atoms with van der Waals surface area (Å²) in [6.45, 7) is 4.56. The van der Waals surface area contributed by atoms with Crippen molar-refractivity contribution in [2.24, 2.45) is 0 Å². The lowest BCUT2D eigenvalue weighted by atomic mass is 10.2. The van der Waals surface area contributed by atoms with E-state index in [9.17, 15) is 4.39 Å². The fourth-order valence-electron chi connectivity index (χ4n) is 4.19. The number of β-amino-alcohol motifs (C(OH)–C–C–N with tert-alkyl or cyclic N) is 1. The van der Waals surface area contributed by atoms with E-state index < -0.39 is 5.82 Å². The van der Waals surface area contributed by atoms with E-state index in [0.717, 1.165) is 66.4 Å². The van der Waals surface area contributed by atoms with Crippen molar-refractivity contribution in [1.82, 2.24) is 24.8 Å². The SMILES string of the molecule is CN(C)c1nc2ccc(Nc3ncc(F)c(Nc4ccc(N5CCN(CCO)CC5)cc4)n3)cc2[nH]1. The summed E-state index contributed by atoms with van der Waals surface area (Å²) in [6.07, 6.45) is 1.15. The number of H-pyrrole nitrogens is 1. The van der Waals surface area contributed by atoms with E-state index in [0.29, 0.717) is 6.54 Å². The molecule has 2 aromatic heterocycles. The van der Waals surface area contributed by atoms with E-state index in [1.165, 1.54) is 0 Å². The largest absolute Gasteiger partial charge is 0.395 e. The maximum Gasteiger partial charge on any atom is 0.229 e. The summed E-state index contributed by atoms with van der Waals surface area (Å²) >= 11 is 0. The molecular formula is C25H30FN9O. The van der Waals surface area contributed by atoms with Crippen LogP contribution in [0.15, 0.2) is 48.7 Å². The van der Waals surface area contributed by atoms with Gasteiger partial charge in [0.1, 0.15) is 0 Å². The molecule has 0 aliphatic carbocycles. The monoisotopic (exact) mass is 491 g/mol. The molecule has 11 heteroatoms. The summed E-state index contributed by atoms with van der Waals surface area (Å²) < 4.78 is 14.5. The Hall–Kier alpha value is -3.96. The van der Waals surface area contributed by atoms with Crippen LogP contribution in [-0.2, 0) is 0 Å². The third kappa shape index (κ3) is 5.31. The lowest BCUT2D eigenvalue weighted by Crippen LogP contribution is -2.47. The zero-order valence-electron chi connectivity index (χ0n) is 20.4. The smallest absolute Gasteiger partial charge is 0.229 e. The van der Waals surface area contributed by atoms with Crippen LogP contribution >= 0.6 is 0 Å². The molecule has 0 atom stereocenters. The molecule has 3 heterocycles. The van der Waals surface area contributed by atoms with E-state index in [-0.39, 0.29) is 18.4 Å². The minimum atomic E-state index is -0.538. The van der Waals surface area contributed by atoms with Crippen molar-refractivity contribution in [1.29, 1.82) is 0 Å². The zero-order chi connectivity index (χ0) is 25.1. The van der Waals surface area contributed by atoms with E-state index in [2.05, 4.69) is 40.4 Å². The van der Waals surface area contributed by atoms with Crippen LogP contribution in [0.5, 0.6) is 0 Å². The summed E-state index contributed by atoms with van der Waals surface area (Å²) in [5.74, 6) is 0.601. The molecule has 10 nitrogen and oxygen atoms in total. The number of aromatic nitrogens is 4. The number of hydrogen-bond donors (Lipinski definition) is 4. The quantitative estimate of drug-likeness (QED) is 0.296. The second-order valence-electron chi connectivity index (χ2n) is 8.93. The number of rotatable bonds is 8. The molecule has 1 aliphatic rings. The second kappa shape index (κ2) is 10.3. The van der Waals surface area contributed by atoms with Crippen LogP contribution in [0.2, 0.25) is 0 Å². The van der Waals surface area contributed by atoms with Crippen molar-refractivity contribution < 1.29 is 9.50 Å². The van der Waals surface area contributed by atoms with Crippen molar-refractivity contribution in [3.63, 3.8) is 0 Å². The first kappa shape index (κ1) is 23.8. The van der Waals surface area contributed by atoms with Crippen LogP contribution in [0.4, 0.5) is 39.2 Å². The molecule has 0 unspecified atom stereocenters. The van der Waals surface area contributed by atoms with Gasteiger partial charge in [-0.25, -0.2) is 14.4 Å². The highest BCUT2D eigenvalue weighted by atomic mass is 19.1. The van der Waals surface area contributed by atoms with E-state index in [1.54, 1.807) is 0 Å². The standard InChI is InChI=1S/C25H30FN9O/c1-33(2)25-30-21-8-5-18(15-22(21)31-25)29-24-27-16-20(26)23(32-24)28-17-3-6-19(7-4-17)35-11-9-34(10-12-35)13-14-36/h3-8,15-16,36H,9-14H2,1-2H3,(H,30,31)(H2,27,28,29,32). The van der Waals surface area contributed by atoms with Gasteiger partial charge in [0.2, 0.25) is 11.9 Å². The van der Waals surface area contributed by atoms with Crippen molar-refractivity contribution >= 4 is 45.8 Å². The number of halogens is 1. The Balaban J connectivity index is 1.25. The summed E-state index contributed by atoms with van der Waals surface area (Å²) in [7, 11) is 3.85. The number of benzene rings is 2. The van der Waals surface area contributed by atoms with Gasteiger partial charge in [0, 0.05) is 63.9 Å². The molecule has 188 valence electrons. The van der Waals surface area contributed by atoms with E-state index >= 15 is 0 Å². The summed E-state index contributed by atoms with van der Waals surface area (Å²) in [6, 6.07) is 13.6. The van der Waals surface area contributed by atoms with Gasteiger partial charge in [0.05, 0.1) is 23.8 Å². The van der Waals surface area contributed by atoms with Crippen molar-refractivity contribution in [2.75, 3.05) is 73.9 Å². The van der Waals surface area contributed by atoms with Gasteiger partial charge in [-0.05, 0) is 42.5 Å². The molecule has 0 radical (unpaired) electrons. The molecule has 5 rings (SSSR count). The van der Waals surface area contributed by atoms with Gasteiger partial charge < -0.3 is 30.5 Å². The molecule has 0 amide bonds. The Morgan fingerprint density at radius 3 is 2.47 bits per heavy atom. The predicted octanol–water partition coefficient (Wildman–Crippen LogP) is 3.16. The average molecular weight is 492 g/mol. The van der Waals surface area contributed by atoms with Crippen molar-refractivity contribution in [3.05, 3.63) is 54.5 Å². The third-order valence-corrected chi connectivity index (χ3v) is 6.18. The third-order valence-electron chi connectivity index (χ3n) is 6.18. The Kier molecular flexibility index (Phi) is 6.83. The lowest BCUT2D eigenvalue weighted by molar-refractivity contribution is 0.189. The van der Waals surface area contributed by atoms with Crippen LogP contribution < -0.4 is 20.4 Å². The van der Waals surface area contributed by atoms with E-state index in [1.807, 2.05) is 61.5 Å². The Labute approximate surface area is 208 Å². The molecular weight excluding hydrogens is 461 g/mol. The molecule has 2 aromatic carbocycles. The van der Waals surface area contributed by atoms with Gasteiger partial charge in [-0.2, -0.15) is 4.98 Å². The molecule has 4 N–H and O–H groups in total. The van der Waals surface area contributed by atoms with Crippen LogP contribution in [0.1, 0.15) is 0 Å². The van der Waals surface area contributed by atoms with Gasteiger partial charge in [-0.3, -0.25) is 4.90 Å². The number of nitrogens with one attached hydrogen (secondary N) is 3. The molecule has 0 spiro atoms. The van der Waals surface area contributed by atoms with Gasteiger partial charge in [-0.15, -0.1) is 0 Å². The number of fused-ring (bicyclic) bond motifs is 1. The van der Waals surface area contributed by atoms with E-state index in [4.69, 9.17) is 5.11 Å². The van der Waals surface area contributed by atoms with Gasteiger partial charge >= 0.3 is 0 Å². The van der Waals surface area contributed by atoms with Gasteiger partial charge in [-0.1, -0.05) is 0 Å². The lowest BCUT2D eigenvalue weighted by Gasteiger charge is -2.35. The Bertz CT molecular complexity index is 1320. The maximum atomic E-state index is 14.5. The molecule has 1 fully saturated rings. The number of anilines is 6. The minimum absolute atomic E-state index is 0.0929. The number of aliphatic hydroxyl groups excluding tert-OH is 1. The topological polar surface area (TPSA) is 108 Å². The molecule has 36 heavy (non-hydrogen) atoms. The van der Waals surface area contributed by atoms with Crippen LogP contribution in [0, 0.1) is 5.82 Å². The fraction of sp³-hybridized carbons (Fsp3) is 0.320. The predicted molar refractivity (Wildman–Crippen MR) is 141 cm³/mol. The van der Waals surface area contributed by atoms with Crippen molar-refractivity contribution in [2.45, 2.75) is 0 Å². The first-order valence-electron chi connectivity index (χ1n) is 11.9. The number of imidazole rings is 1. The summed E-state index contributed by atoms with van der Waals surface area (Å²) in [4.78, 5) is 22.7. The first-order valence-corrected chi connectivity index (χ1v) is 11.9. The van der Waals surface area contributed by atoms with Gasteiger partial charge in [0.25, 0.3) is 0 Å². The van der Waals surface area contributed by atoms with Crippen LogP contribution in [0.3, 0.4) is 0 Å². The average Bonchev–Trinajstić information content (AvgIpc) is 3.31. The maximum absolute atomic E-state index is 14.5. The molecule has 1 aliphatic heterocycles. The molecule has 4 aromatic rings. The molecule has 0 bridgehead atoms. The number of aliphatic hydroxyl groups is 1. The minimum Gasteiger partial charge on any atom is -0.395 e. The van der Waals surface area contributed by atoms with Crippen LogP contribution in [0.25, 0.3) is 11.0 Å². The normalized spacial score (nSPS) is 14.3. The van der Waals surface area contributed by atoms with Crippen LogP contribution in [-0.4, -0.2) is 83.4 Å². The highest BCUT2D eigenvalue weighted by Gasteiger charge is 2.17. The Morgan fingerprint density at radius 2 is 1.75 bits per heavy atom. The second-order valence-corrected chi connectivity index (χ2v) is 8.93. The molecule has 1 saturated heterocycles. The zero-order valence-corrected chi connectivity index (χ0v) is 20.4. The van der Waals surface area contributed by atoms with Crippen molar-refractivity contribution in [3.8, 4) is 0 Å². The highest BCUT2D eigenvalue weighted by Crippen LogP contribution is 2.25. The summed E-state index contributed by atoms with van der Waals surface area (Å²) in [5.41, 5.74) is 4.33. The first-order chi connectivity index (χ1) is 17.5. The van der Waals surface area contributed by atoms with Gasteiger partial charge in [0.15, 0.2) is 11.6 Å².